The van der Waals surface area contributed by atoms with E-state index >= 15 is 0 Å². The number of rotatable bonds is 1. The second kappa shape index (κ2) is 4.00. The van der Waals surface area contributed by atoms with Gasteiger partial charge in [0.15, 0.2) is 0 Å². The molecule has 0 saturated carbocycles. The van der Waals surface area contributed by atoms with Crippen molar-refractivity contribution in [1.82, 2.24) is 9.38 Å². The van der Waals surface area contributed by atoms with Gasteiger partial charge in [-0.15, -0.1) is 0 Å². The van der Waals surface area contributed by atoms with Crippen LogP contribution in [0.25, 0.3) is 16.9 Å². The molecule has 3 heteroatoms. The zero-order valence-electron chi connectivity index (χ0n) is 9.39. The fourth-order valence-electron chi connectivity index (χ4n) is 1.91. The molecular weight excluding hydrogens is 276 g/mol. The summed E-state index contributed by atoms with van der Waals surface area (Å²) < 4.78 is 3.12. The summed E-state index contributed by atoms with van der Waals surface area (Å²) in [7, 11) is 0. The van der Waals surface area contributed by atoms with Crippen LogP contribution in [-0.4, -0.2) is 9.38 Å². The smallest absolute Gasteiger partial charge is 0.145 e. The van der Waals surface area contributed by atoms with E-state index in [4.69, 9.17) is 0 Å². The van der Waals surface area contributed by atoms with Crippen molar-refractivity contribution in [3.8, 4) is 11.4 Å². The molecule has 2 heterocycles. The largest absolute Gasteiger partial charge is 0.287 e. The van der Waals surface area contributed by atoms with Gasteiger partial charge in [0, 0.05) is 5.56 Å². The van der Waals surface area contributed by atoms with E-state index in [0.717, 1.165) is 21.5 Å². The highest BCUT2D eigenvalue weighted by Gasteiger charge is 2.07. The first-order valence-corrected chi connectivity index (χ1v) is 6.24. The molecule has 0 atom stereocenters. The summed E-state index contributed by atoms with van der Waals surface area (Å²) in [4.78, 5) is 4.49. The molecule has 0 amide bonds. The Labute approximate surface area is 108 Å². The third-order valence-corrected chi connectivity index (χ3v) is 3.43. The molecule has 2 nitrogen and oxygen atoms in total. The van der Waals surface area contributed by atoms with Gasteiger partial charge in [-0.1, -0.05) is 35.9 Å². The van der Waals surface area contributed by atoms with Crippen molar-refractivity contribution in [3.05, 3.63) is 58.8 Å². The molecule has 3 rings (SSSR count). The Balaban J connectivity index is 2.27. The van der Waals surface area contributed by atoms with Gasteiger partial charge in [-0.25, -0.2) is 4.98 Å². The summed E-state index contributed by atoms with van der Waals surface area (Å²) in [6.45, 7) is 2.09. The molecule has 0 aliphatic rings. The number of aromatic nitrogens is 2. The van der Waals surface area contributed by atoms with E-state index < -0.39 is 0 Å². The molecule has 0 aliphatic carbocycles. The molecule has 0 saturated heterocycles. The number of halogens is 1. The molecule has 0 spiro atoms. The maximum Gasteiger partial charge on any atom is 0.145 e. The van der Waals surface area contributed by atoms with E-state index in [1.165, 1.54) is 5.56 Å². The minimum absolute atomic E-state index is 0.965. The Morgan fingerprint density at radius 1 is 1.06 bits per heavy atom. The van der Waals surface area contributed by atoms with Gasteiger partial charge >= 0.3 is 0 Å². The van der Waals surface area contributed by atoms with Gasteiger partial charge < -0.3 is 0 Å². The van der Waals surface area contributed by atoms with E-state index in [-0.39, 0.29) is 0 Å². The average molecular weight is 287 g/mol. The predicted octanol–water partition coefficient (Wildman–Crippen LogP) is 4.07. The van der Waals surface area contributed by atoms with Crippen LogP contribution in [0.1, 0.15) is 5.56 Å². The standard InChI is InChI=1S/C14H11BrN2/c1-10-5-7-11(8-6-10)14-16-9-12-3-2-4-13(15)17(12)14/h2-9H,1H3. The fourth-order valence-corrected chi connectivity index (χ4v) is 2.44. The molecule has 3 aromatic rings. The highest BCUT2D eigenvalue weighted by atomic mass is 79.9. The highest BCUT2D eigenvalue weighted by molar-refractivity contribution is 9.10. The first kappa shape index (κ1) is 10.5. The maximum absolute atomic E-state index is 4.49. The maximum atomic E-state index is 4.49. The normalized spacial score (nSPS) is 10.9. The number of fused-ring (bicyclic) bond motifs is 1. The summed E-state index contributed by atoms with van der Waals surface area (Å²) in [6, 6.07) is 14.5. The van der Waals surface area contributed by atoms with Crippen molar-refractivity contribution in [1.29, 1.82) is 0 Å². The van der Waals surface area contributed by atoms with Crippen LogP contribution in [0.2, 0.25) is 0 Å². The SMILES string of the molecule is Cc1ccc(-c2ncc3cccc(Br)n23)cc1. The van der Waals surface area contributed by atoms with Crippen molar-refractivity contribution in [2.45, 2.75) is 6.92 Å². The number of pyridine rings is 1. The zero-order valence-corrected chi connectivity index (χ0v) is 11.0. The molecular formula is C14H11BrN2. The lowest BCUT2D eigenvalue weighted by atomic mass is 10.1. The number of aryl methyl sites for hydroxylation is 1. The minimum atomic E-state index is 0.965. The van der Waals surface area contributed by atoms with E-state index in [9.17, 15) is 0 Å². The predicted molar refractivity (Wildman–Crippen MR) is 73.1 cm³/mol. The lowest BCUT2D eigenvalue weighted by molar-refractivity contribution is 1.13. The van der Waals surface area contributed by atoms with Crippen LogP contribution in [0.5, 0.6) is 0 Å². The lowest BCUT2D eigenvalue weighted by Crippen LogP contribution is -1.91. The Bertz CT molecular complexity index is 668. The number of benzene rings is 1. The summed E-state index contributed by atoms with van der Waals surface area (Å²) in [6.07, 6.45) is 1.89. The topological polar surface area (TPSA) is 17.3 Å². The van der Waals surface area contributed by atoms with Crippen molar-refractivity contribution >= 4 is 21.4 Å². The van der Waals surface area contributed by atoms with Gasteiger partial charge in [0.1, 0.15) is 5.82 Å². The Hall–Kier alpha value is -1.61. The molecule has 0 bridgehead atoms. The first-order chi connectivity index (χ1) is 8.25. The summed E-state index contributed by atoms with van der Waals surface area (Å²) in [5.74, 6) is 0.965. The third-order valence-electron chi connectivity index (χ3n) is 2.81. The van der Waals surface area contributed by atoms with Crippen molar-refractivity contribution < 1.29 is 0 Å². The summed E-state index contributed by atoms with van der Waals surface area (Å²) >= 11 is 3.56. The molecule has 0 fully saturated rings. The third kappa shape index (κ3) is 1.76. The van der Waals surface area contributed by atoms with Crippen LogP contribution in [0.4, 0.5) is 0 Å². The van der Waals surface area contributed by atoms with Crippen LogP contribution in [0, 0.1) is 6.92 Å². The number of imidazole rings is 1. The quantitative estimate of drug-likeness (QED) is 0.617. The molecule has 1 aromatic carbocycles. The van der Waals surface area contributed by atoms with Crippen LogP contribution in [0.15, 0.2) is 53.3 Å². The Kier molecular flexibility index (Phi) is 2.48. The van der Waals surface area contributed by atoms with Gasteiger partial charge in [-0.05, 0) is 35.0 Å². The molecule has 84 valence electrons. The van der Waals surface area contributed by atoms with Crippen molar-refractivity contribution in [3.63, 3.8) is 0 Å². The second-order valence-corrected chi connectivity index (χ2v) is 4.87. The van der Waals surface area contributed by atoms with Crippen LogP contribution in [0.3, 0.4) is 0 Å². The highest BCUT2D eigenvalue weighted by Crippen LogP contribution is 2.24. The molecule has 0 radical (unpaired) electrons. The summed E-state index contributed by atoms with van der Waals surface area (Å²) in [5.41, 5.74) is 3.48. The molecule has 0 N–H and O–H groups in total. The van der Waals surface area contributed by atoms with Gasteiger partial charge in [0.05, 0.1) is 16.3 Å². The second-order valence-electron chi connectivity index (χ2n) is 4.06. The van der Waals surface area contributed by atoms with Crippen molar-refractivity contribution in [2.75, 3.05) is 0 Å². The van der Waals surface area contributed by atoms with Crippen molar-refractivity contribution in [2.24, 2.45) is 0 Å². The lowest BCUT2D eigenvalue weighted by Gasteiger charge is -2.04. The molecule has 17 heavy (non-hydrogen) atoms. The molecule has 0 unspecified atom stereocenters. The Morgan fingerprint density at radius 3 is 2.59 bits per heavy atom. The first-order valence-electron chi connectivity index (χ1n) is 5.45. The van der Waals surface area contributed by atoms with Crippen LogP contribution in [-0.2, 0) is 0 Å². The fraction of sp³-hybridized carbons (Fsp3) is 0.0714. The van der Waals surface area contributed by atoms with Gasteiger partial charge in [0.25, 0.3) is 0 Å². The number of nitrogens with zero attached hydrogens (tertiary/aromatic N) is 2. The van der Waals surface area contributed by atoms with Gasteiger partial charge in [-0.2, -0.15) is 0 Å². The van der Waals surface area contributed by atoms with E-state index in [1.807, 2.05) is 18.3 Å². The number of hydrogen-bond donors (Lipinski definition) is 0. The number of hydrogen-bond acceptors (Lipinski definition) is 1. The molecule has 0 aliphatic heterocycles. The average Bonchev–Trinajstić information content (AvgIpc) is 2.75. The van der Waals surface area contributed by atoms with Crippen LogP contribution < -0.4 is 0 Å². The molecule has 2 aromatic heterocycles. The minimum Gasteiger partial charge on any atom is -0.287 e. The zero-order chi connectivity index (χ0) is 11.8. The van der Waals surface area contributed by atoms with E-state index in [1.54, 1.807) is 0 Å². The Morgan fingerprint density at radius 2 is 1.82 bits per heavy atom. The monoisotopic (exact) mass is 286 g/mol. The van der Waals surface area contributed by atoms with E-state index in [0.29, 0.717) is 0 Å². The van der Waals surface area contributed by atoms with E-state index in [2.05, 4.69) is 62.6 Å². The van der Waals surface area contributed by atoms with Gasteiger partial charge in [0.2, 0.25) is 0 Å². The van der Waals surface area contributed by atoms with Gasteiger partial charge in [-0.3, -0.25) is 4.40 Å². The summed E-state index contributed by atoms with van der Waals surface area (Å²) in [5, 5.41) is 0. The van der Waals surface area contributed by atoms with Crippen LogP contribution >= 0.6 is 15.9 Å².